The highest BCUT2D eigenvalue weighted by atomic mass is 16.6. The predicted molar refractivity (Wildman–Crippen MR) is 160 cm³/mol. The number of nitrogens with zero attached hydrogens (tertiary/aromatic N) is 1. The number of hydrogen-bond donors (Lipinski definition) is 0. The molecular formula is C34H51NO5. The largest absolute Gasteiger partial charge is 0.466 e. The zero-order valence-corrected chi connectivity index (χ0v) is 25.0. The van der Waals surface area contributed by atoms with Gasteiger partial charge in [0, 0.05) is 19.4 Å². The summed E-state index contributed by atoms with van der Waals surface area (Å²) in [5, 5.41) is 0. The summed E-state index contributed by atoms with van der Waals surface area (Å²) in [7, 11) is 2.18. The van der Waals surface area contributed by atoms with E-state index in [0.717, 1.165) is 45.3 Å². The van der Waals surface area contributed by atoms with E-state index in [1.807, 2.05) is 19.1 Å². The first kappa shape index (κ1) is 32.3. The minimum Gasteiger partial charge on any atom is -0.466 e. The van der Waals surface area contributed by atoms with Crippen LogP contribution < -0.4 is 0 Å². The van der Waals surface area contributed by atoms with Gasteiger partial charge in [-0.25, -0.2) is 0 Å². The Balaban J connectivity index is 1.67. The monoisotopic (exact) mass is 553 g/mol. The van der Waals surface area contributed by atoms with E-state index in [-0.39, 0.29) is 30.3 Å². The Morgan fingerprint density at radius 1 is 0.775 bits per heavy atom. The molecule has 6 nitrogen and oxygen atoms in total. The van der Waals surface area contributed by atoms with Crippen molar-refractivity contribution in [2.24, 2.45) is 0 Å². The van der Waals surface area contributed by atoms with Crippen molar-refractivity contribution in [3.05, 3.63) is 71.8 Å². The highest BCUT2D eigenvalue weighted by Crippen LogP contribution is 2.33. The molecule has 222 valence electrons. The van der Waals surface area contributed by atoms with Crippen LogP contribution in [-0.4, -0.2) is 62.0 Å². The fraction of sp³-hybridized carbons (Fsp3) is 0.618. The molecule has 1 aliphatic carbocycles. The van der Waals surface area contributed by atoms with Crippen LogP contribution >= 0.6 is 0 Å². The van der Waals surface area contributed by atoms with Crippen molar-refractivity contribution in [3.8, 4) is 0 Å². The lowest BCUT2D eigenvalue weighted by molar-refractivity contribution is -0.143. The highest BCUT2D eigenvalue weighted by molar-refractivity contribution is 5.69. The number of unbranched alkanes of at least 4 members (excludes halogenated alkanes) is 5. The second-order valence-corrected chi connectivity index (χ2v) is 10.9. The number of rotatable bonds is 20. The molecule has 0 spiro atoms. The Morgan fingerprint density at radius 3 is 2.02 bits per heavy atom. The van der Waals surface area contributed by atoms with Crippen molar-refractivity contribution in [2.45, 2.75) is 109 Å². The molecule has 0 aromatic heterocycles. The molecule has 2 aromatic carbocycles. The van der Waals surface area contributed by atoms with E-state index in [0.29, 0.717) is 26.2 Å². The van der Waals surface area contributed by atoms with Gasteiger partial charge in [-0.2, -0.15) is 0 Å². The maximum Gasteiger partial charge on any atom is 0.305 e. The van der Waals surface area contributed by atoms with Crippen LogP contribution in [0.15, 0.2) is 60.7 Å². The molecule has 1 saturated carbocycles. The third-order valence-electron chi connectivity index (χ3n) is 7.68. The van der Waals surface area contributed by atoms with E-state index >= 15 is 0 Å². The number of carbonyl (C=O) groups excluding carboxylic acids is 1. The number of ether oxygens (including phenoxy) is 4. The van der Waals surface area contributed by atoms with Crippen LogP contribution in [0.5, 0.6) is 0 Å². The first-order valence-corrected chi connectivity index (χ1v) is 15.4. The predicted octanol–water partition coefficient (Wildman–Crippen LogP) is 6.95. The second-order valence-electron chi connectivity index (χ2n) is 10.9. The summed E-state index contributed by atoms with van der Waals surface area (Å²) >= 11 is 0. The molecule has 2 aromatic rings. The van der Waals surface area contributed by atoms with Crippen LogP contribution in [0.4, 0.5) is 0 Å². The number of benzene rings is 2. The van der Waals surface area contributed by atoms with Gasteiger partial charge in [0.05, 0.1) is 38.1 Å². The van der Waals surface area contributed by atoms with Gasteiger partial charge in [0.15, 0.2) is 0 Å². The Kier molecular flexibility index (Phi) is 15.3. The van der Waals surface area contributed by atoms with Crippen molar-refractivity contribution in [1.82, 2.24) is 4.90 Å². The molecule has 0 bridgehead atoms. The molecule has 0 amide bonds. The summed E-state index contributed by atoms with van der Waals surface area (Å²) in [6.45, 7) is 7.33. The molecule has 0 heterocycles. The number of esters is 1. The van der Waals surface area contributed by atoms with Crippen LogP contribution in [0, 0.1) is 0 Å². The standard InChI is InChI=1S/C34H51NO5/c1-4-6-7-17-24-38-34-31(40-27-29-20-13-9-14-21-29)25-30(39-26-28-18-11-8-12-19-28)33(34)35(3)23-16-10-15-22-32(36)37-5-2/h8-9,11-14,18-21,30-31,33-34H,4-7,10,15-17,22-27H2,1-3H3. The van der Waals surface area contributed by atoms with E-state index in [4.69, 9.17) is 18.9 Å². The Morgan fingerprint density at radius 2 is 1.40 bits per heavy atom. The maximum absolute atomic E-state index is 11.7. The smallest absolute Gasteiger partial charge is 0.305 e. The zero-order chi connectivity index (χ0) is 28.4. The summed E-state index contributed by atoms with van der Waals surface area (Å²) < 4.78 is 24.9. The van der Waals surface area contributed by atoms with Crippen molar-refractivity contribution in [3.63, 3.8) is 0 Å². The van der Waals surface area contributed by atoms with Gasteiger partial charge >= 0.3 is 5.97 Å². The van der Waals surface area contributed by atoms with Crippen molar-refractivity contribution >= 4 is 5.97 Å². The van der Waals surface area contributed by atoms with Crippen molar-refractivity contribution in [2.75, 3.05) is 26.8 Å². The quantitative estimate of drug-likeness (QED) is 0.131. The summed E-state index contributed by atoms with van der Waals surface area (Å²) in [4.78, 5) is 14.1. The molecule has 0 N–H and O–H groups in total. The normalized spacial score (nSPS) is 20.7. The average molecular weight is 554 g/mol. The van der Waals surface area contributed by atoms with E-state index in [9.17, 15) is 4.79 Å². The van der Waals surface area contributed by atoms with Gasteiger partial charge in [-0.15, -0.1) is 0 Å². The zero-order valence-electron chi connectivity index (χ0n) is 25.0. The maximum atomic E-state index is 11.7. The Bertz CT molecular complexity index is 924. The van der Waals surface area contributed by atoms with E-state index in [2.05, 4.69) is 67.4 Å². The average Bonchev–Trinajstić information content (AvgIpc) is 3.33. The first-order chi connectivity index (χ1) is 19.6. The van der Waals surface area contributed by atoms with Crippen LogP contribution in [0.3, 0.4) is 0 Å². The molecule has 0 radical (unpaired) electrons. The first-order valence-electron chi connectivity index (χ1n) is 15.4. The molecule has 0 aliphatic heterocycles. The molecule has 1 aliphatic rings. The lowest BCUT2D eigenvalue weighted by atomic mass is 10.1. The van der Waals surface area contributed by atoms with Gasteiger partial charge in [0.25, 0.3) is 0 Å². The van der Waals surface area contributed by atoms with Crippen molar-refractivity contribution in [1.29, 1.82) is 0 Å². The topological polar surface area (TPSA) is 57.2 Å². The van der Waals surface area contributed by atoms with Crippen LogP contribution in [-0.2, 0) is 37.0 Å². The molecule has 3 rings (SSSR count). The summed E-state index contributed by atoms with van der Waals surface area (Å²) in [6, 6.07) is 20.8. The number of likely N-dealkylation sites (N-methyl/N-ethyl adjacent to an activating group) is 1. The third-order valence-corrected chi connectivity index (χ3v) is 7.68. The molecule has 6 heteroatoms. The highest BCUT2D eigenvalue weighted by Gasteiger charge is 2.47. The summed E-state index contributed by atoms with van der Waals surface area (Å²) in [5.74, 6) is -0.101. The second kappa shape index (κ2) is 19.0. The van der Waals surface area contributed by atoms with Crippen LogP contribution in [0.2, 0.25) is 0 Å². The fourth-order valence-electron chi connectivity index (χ4n) is 5.50. The van der Waals surface area contributed by atoms with Gasteiger partial charge in [-0.1, -0.05) is 93.3 Å². The lowest BCUT2D eigenvalue weighted by Gasteiger charge is -2.34. The van der Waals surface area contributed by atoms with Crippen molar-refractivity contribution < 1.29 is 23.7 Å². The molecule has 40 heavy (non-hydrogen) atoms. The van der Waals surface area contributed by atoms with E-state index < -0.39 is 0 Å². The minimum atomic E-state index is -0.101. The van der Waals surface area contributed by atoms with Gasteiger partial charge in [-0.3, -0.25) is 9.69 Å². The molecular weight excluding hydrogens is 502 g/mol. The van der Waals surface area contributed by atoms with Gasteiger partial charge in [-0.05, 0) is 50.9 Å². The molecule has 4 unspecified atom stereocenters. The van der Waals surface area contributed by atoms with Gasteiger partial charge in [0.1, 0.15) is 6.10 Å². The number of carbonyl (C=O) groups is 1. The van der Waals surface area contributed by atoms with Crippen LogP contribution in [0.25, 0.3) is 0 Å². The lowest BCUT2D eigenvalue weighted by Crippen LogP contribution is -2.48. The summed E-state index contributed by atoms with van der Waals surface area (Å²) in [5.41, 5.74) is 2.35. The molecule has 0 saturated heterocycles. The van der Waals surface area contributed by atoms with Gasteiger partial charge < -0.3 is 18.9 Å². The van der Waals surface area contributed by atoms with E-state index in [1.165, 1.54) is 30.4 Å². The Labute approximate surface area is 242 Å². The number of hydrogen-bond acceptors (Lipinski definition) is 6. The van der Waals surface area contributed by atoms with Crippen LogP contribution in [0.1, 0.15) is 82.8 Å². The fourth-order valence-corrected chi connectivity index (χ4v) is 5.50. The van der Waals surface area contributed by atoms with Gasteiger partial charge in [0.2, 0.25) is 0 Å². The molecule has 4 atom stereocenters. The van der Waals surface area contributed by atoms with E-state index in [1.54, 1.807) is 0 Å². The summed E-state index contributed by atoms with van der Waals surface area (Å²) in [6.07, 6.45) is 8.75. The Hall–Kier alpha value is -2.25. The minimum absolute atomic E-state index is 0.00570. The molecule has 1 fully saturated rings. The SMILES string of the molecule is CCCCCCOC1C(OCc2ccccc2)CC(OCc2ccccc2)C1N(C)CCCCCC(=O)OCC. The third kappa shape index (κ3) is 11.3.